The minimum absolute atomic E-state index is 0.289. The quantitative estimate of drug-likeness (QED) is 0.716. The van der Waals surface area contributed by atoms with Gasteiger partial charge in [0.2, 0.25) is 5.95 Å². The Bertz CT molecular complexity index is 858. The van der Waals surface area contributed by atoms with Gasteiger partial charge in [-0.2, -0.15) is 4.98 Å². The fourth-order valence-corrected chi connectivity index (χ4v) is 3.71. The Hall–Kier alpha value is -2.60. The van der Waals surface area contributed by atoms with E-state index in [1.54, 1.807) is 0 Å². The first-order valence-electron chi connectivity index (χ1n) is 9.65. The molecule has 0 amide bonds. The molecule has 3 rings (SSSR count). The van der Waals surface area contributed by atoms with Crippen molar-refractivity contribution in [3.8, 4) is 0 Å². The average Bonchev–Trinajstić information content (AvgIpc) is 2.94. The molecular weight excluding hydrogens is 336 g/mol. The molecule has 0 radical (unpaired) electrons. The van der Waals surface area contributed by atoms with Gasteiger partial charge in [0.15, 0.2) is 0 Å². The Kier molecular flexibility index (Phi) is 5.65. The monoisotopic (exact) mass is 366 g/mol. The Labute approximate surface area is 162 Å². The van der Waals surface area contributed by atoms with Gasteiger partial charge >= 0.3 is 0 Å². The van der Waals surface area contributed by atoms with Gasteiger partial charge < -0.3 is 15.6 Å². The zero-order chi connectivity index (χ0) is 19.6. The average molecular weight is 367 g/mol. The lowest BCUT2D eigenvalue weighted by molar-refractivity contribution is 0.273. The summed E-state index contributed by atoms with van der Waals surface area (Å²) in [5.74, 6) is 1.41. The van der Waals surface area contributed by atoms with Gasteiger partial charge in [0.05, 0.1) is 6.04 Å². The SMILES string of the molecule is CCc1ccc(Nc2nc(C)cc(NC)n2)cc1C1=C(C)N(CC)NC1C. The molecule has 27 heavy (non-hydrogen) atoms. The highest BCUT2D eigenvalue weighted by Gasteiger charge is 2.26. The van der Waals surface area contributed by atoms with Crippen LogP contribution in [0.2, 0.25) is 0 Å². The van der Waals surface area contributed by atoms with E-state index >= 15 is 0 Å². The number of aryl methyl sites for hydroxylation is 2. The molecule has 0 spiro atoms. The topological polar surface area (TPSA) is 65.1 Å². The number of rotatable bonds is 6. The van der Waals surface area contributed by atoms with Crippen molar-refractivity contribution in [3.05, 3.63) is 46.8 Å². The van der Waals surface area contributed by atoms with Crippen LogP contribution >= 0.6 is 0 Å². The fraction of sp³-hybridized carbons (Fsp3) is 0.429. The third kappa shape index (κ3) is 3.90. The van der Waals surface area contributed by atoms with E-state index in [1.165, 1.54) is 22.4 Å². The van der Waals surface area contributed by atoms with Gasteiger partial charge in [-0.15, -0.1) is 0 Å². The van der Waals surface area contributed by atoms with Gasteiger partial charge in [0.25, 0.3) is 0 Å². The molecule has 1 atom stereocenters. The van der Waals surface area contributed by atoms with Crippen LogP contribution in [0, 0.1) is 6.92 Å². The third-order valence-corrected chi connectivity index (χ3v) is 5.04. The van der Waals surface area contributed by atoms with Crippen LogP contribution in [-0.4, -0.2) is 34.6 Å². The smallest absolute Gasteiger partial charge is 0.229 e. The number of aromatic nitrogens is 2. The number of benzene rings is 1. The van der Waals surface area contributed by atoms with Crippen molar-refractivity contribution in [2.24, 2.45) is 0 Å². The van der Waals surface area contributed by atoms with Crippen molar-refractivity contribution in [3.63, 3.8) is 0 Å². The van der Waals surface area contributed by atoms with Gasteiger partial charge in [0.1, 0.15) is 5.82 Å². The minimum atomic E-state index is 0.289. The largest absolute Gasteiger partial charge is 0.373 e. The van der Waals surface area contributed by atoms with Crippen molar-refractivity contribution in [1.82, 2.24) is 20.4 Å². The van der Waals surface area contributed by atoms with Crippen LogP contribution in [0.1, 0.15) is 44.5 Å². The number of anilines is 3. The summed E-state index contributed by atoms with van der Waals surface area (Å²) in [7, 11) is 1.86. The second-order valence-electron chi connectivity index (χ2n) is 6.91. The summed E-state index contributed by atoms with van der Waals surface area (Å²) in [4.78, 5) is 9.01. The second-order valence-corrected chi connectivity index (χ2v) is 6.91. The maximum Gasteiger partial charge on any atom is 0.229 e. The summed E-state index contributed by atoms with van der Waals surface area (Å²) >= 11 is 0. The molecule has 0 aliphatic carbocycles. The Morgan fingerprint density at radius 1 is 1.15 bits per heavy atom. The predicted molar refractivity (Wildman–Crippen MR) is 113 cm³/mol. The highest BCUT2D eigenvalue weighted by atomic mass is 15.5. The number of nitrogens with zero attached hydrogens (tertiary/aromatic N) is 3. The van der Waals surface area contributed by atoms with Crippen LogP contribution in [0.5, 0.6) is 0 Å². The van der Waals surface area contributed by atoms with E-state index in [0.717, 1.165) is 30.2 Å². The second kappa shape index (κ2) is 7.96. The maximum absolute atomic E-state index is 4.51. The Balaban J connectivity index is 2.00. The van der Waals surface area contributed by atoms with E-state index in [1.807, 2.05) is 20.0 Å². The van der Waals surface area contributed by atoms with Gasteiger partial charge in [-0.3, -0.25) is 0 Å². The van der Waals surface area contributed by atoms with Crippen LogP contribution in [0.3, 0.4) is 0 Å². The lowest BCUT2D eigenvalue weighted by Crippen LogP contribution is -2.35. The third-order valence-electron chi connectivity index (χ3n) is 5.04. The lowest BCUT2D eigenvalue weighted by atomic mass is 9.93. The summed E-state index contributed by atoms with van der Waals surface area (Å²) in [5.41, 5.74) is 10.8. The van der Waals surface area contributed by atoms with Crippen molar-refractivity contribution in [2.45, 2.75) is 47.1 Å². The van der Waals surface area contributed by atoms with Crippen LogP contribution < -0.4 is 16.1 Å². The van der Waals surface area contributed by atoms with E-state index in [9.17, 15) is 0 Å². The molecular formula is C21H30N6. The van der Waals surface area contributed by atoms with Crippen molar-refractivity contribution in [2.75, 3.05) is 24.2 Å². The van der Waals surface area contributed by atoms with E-state index in [2.05, 4.69) is 76.9 Å². The molecule has 0 bridgehead atoms. The molecule has 6 nitrogen and oxygen atoms in total. The number of nitrogens with one attached hydrogen (secondary N) is 3. The highest BCUT2D eigenvalue weighted by molar-refractivity contribution is 5.78. The van der Waals surface area contributed by atoms with Gasteiger partial charge in [-0.1, -0.05) is 13.0 Å². The van der Waals surface area contributed by atoms with Crippen molar-refractivity contribution < 1.29 is 0 Å². The zero-order valence-corrected chi connectivity index (χ0v) is 17.1. The van der Waals surface area contributed by atoms with E-state index < -0.39 is 0 Å². The first kappa shape index (κ1) is 19.2. The number of allylic oxidation sites excluding steroid dienone is 1. The molecule has 1 aliphatic rings. The molecule has 0 saturated heterocycles. The molecule has 0 fully saturated rings. The molecule has 3 N–H and O–H groups in total. The summed E-state index contributed by atoms with van der Waals surface area (Å²) in [6.45, 7) is 11.7. The molecule has 0 saturated carbocycles. The molecule has 1 aromatic heterocycles. The summed E-state index contributed by atoms with van der Waals surface area (Å²) in [6, 6.07) is 8.74. The summed E-state index contributed by atoms with van der Waals surface area (Å²) in [5, 5.41) is 8.67. The predicted octanol–water partition coefficient (Wildman–Crippen LogP) is 4.09. The zero-order valence-electron chi connectivity index (χ0n) is 17.1. The maximum atomic E-state index is 4.51. The van der Waals surface area contributed by atoms with Gasteiger partial charge in [0, 0.05) is 36.7 Å². The lowest BCUT2D eigenvalue weighted by Gasteiger charge is -2.18. The Morgan fingerprint density at radius 3 is 2.56 bits per heavy atom. The van der Waals surface area contributed by atoms with E-state index in [4.69, 9.17) is 0 Å². The highest BCUT2D eigenvalue weighted by Crippen LogP contribution is 2.33. The standard InChI is InChI=1S/C21H30N6/c1-7-16-9-10-17(24-21-23-13(3)11-19(22-6)25-21)12-18(16)20-14(4)26-27(8-2)15(20)5/h9-12,14,26H,7-8H2,1-6H3,(H2,22,23,24,25). The van der Waals surface area contributed by atoms with Crippen molar-refractivity contribution in [1.29, 1.82) is 0 Å². The Morgan fingerprint density at radius 2 is 1.93 bits per heavy atom. The minimum Gasteiger partial charge on any atom is -0.373 e. The molecule has 1 unspecified atom stereocenters. The molecule has 2 aromatic rings. The molecule has 2 heterocycles. The van der Waals surface area contributed by atoms with Crippen LogP contribution in [0.15, 0.2) is 30.0 Å². The molecule has 144 valence electrons. The molecule has 1 aliphatic heterocycles. The van der Waals surface area contributed by atoms with Crippen LogP contribution in [-0.2, 0) is 6.42 Å². The van der Waals surface area contributed by atoms with E-state index in [-0.39, 0.29) is 6.04 Å². The number of hydrazine groups is 1. The van der Waals surface area contributed by atoms with Gasteiger partial charge in [-0.25, -0.2) is 10.4 Å². The van der Waals surface area contributed by atoms with Crippen LogP contribution in [0.4, 0.5) is 17.5 Å². The van der Waals surface area contributed by atoms with Gasteiger partial charge in [-0.05, 0) is 62.9 Å². The first-order valence-corrected chi connectivity index (χ1v) is 9.65. The number of hydrogen-bond acceptors (Lipinski definition) is 6. The molecule has 1 aromatic carbocycles. The number of hydrogen-bond donors (Lipinski definition) is 3. The van der Waals surface area contributed by atoms with Crippen molar-refractivity contribution >= 4 is 23.0 Å². The first-order chi connectivity index (χ1) is 13.0. The summed E-state index contributed by atoms with van der Waals surface area (Å²) < 4.78 is 0. The fourth-order valence-electron chi connectivity index (χ4n) is 3.71. The van der Waals surface area contributed by atoms with Crippen LogP contribution in [0.25, 0.3) is 5.57 Å². The van der Waals surface area contributed by atoms with E-state index in [0.29, 0.717) is 5.95 Å². The summed E-state index contributed by atoms with van der Waals surface area (Å²) in [6.07, 6.45) is 0.996. The normalized spacial score (nSPS) is 16.8. The molecule has 6 heteroatoms.